The van der Waals surface area contributed by atoms with Gasteiger partial charge in [-0.1, -0.05) is 0 Å². The highest BCUT2D eigenvalue weighted by atomic mass is 79.9. The Morgan fingerprint density at radius 3 is 2.24 bits per heavy atom. The van der Waals surface area contributed by atoms with Gasteiger partial charge in [0, 0.05) is 8.95 Å². The highest BCUT2D eigenvalue weighted by Gasteiger charge is 2.13. The molecular weight excluding hydrogens is 454 g/mol. The predicted octanol–water partition coefficient (Wildman–Crippen LogP) is 4.71. The topological polar surface area (TPSA) is 64.6 Å². The molecule has 1 amide bonds. The molecule has 0 aromatic heterocycles. The number of aryl methyl sites for hydroxylation is 1. The van der Waals surface area contributed by atoms with Crippen molar-refractivity contribution in [3.63, 3.8) is 0 Å². The predicted molar refractivity (Wildman–Crippen MR) is 103 cm³/mol. The summed E-state index contributed by atoms with van der Waals surface area (Å²) >= 11 is 6.80. The monoisotopic (exact) mass is 469 g/mol. The van der Waals surface area contributed by atoms with Gasteiger partial charge in [-0.3, -0.25) is 4.79 Å². The first-order valence-corrected chi connectivity index (χ1v) is 9.14. The van der Waals surface area contributed by atoms with Gasteiger partial charge >= 0.3 is 5.97 Å². The third-order valence-electron chi connectivity index (χ3n) is 3.19. The molecule has 2 rings (SSSR count). The molecule has 0 radical (unpaired) electrons. The molecular formula is C18H17Br2NO4. The molecule has 0 aliphatic rings. The van der Waals surface area contributed by atoms with Crippen LogP contribution in [0.5, 0.6) is 5.75 Å². The smallest absolute Gasteiger partial charge is 0.338 e. The van der Waals surface area contributed by atoms with E-state index in [1.165, 1.54) is 0 Å². The molecule has 0 spiro atoms. The molecule has 7 heteroatoms. The standard InChI is InChI=1S/C18H17Br2NO4/c1-3-24-13-6-4-12(5-7-13)18(23)25-10-16(22)21-17-14(19)8-11(2)9-15(17)20/h4-9H,3,10H2,1-2H3,(H,21,22). The molecule has 0 aliphatic carbocycles. The van der Waals surface area contributed by atoms with Crippen molar-refractivity contribution in [1.29, 1.82) is 0 Å². The normalized spacial score (nSPS) is 10.2. The second kappa shape index (κ2) is 9.01. The van der Waals surface area contributed by atoms with Gasteiger partial charge in [-0.05, 0) is 87.7 Å². The van der Waals surface area contributed by atoms with Gasteiger partial charge in [0.1, 0.15) is 5.75 Å². The molecule has 0 aliphatic heterocycles. The van der Waals surface area contributed by atoms with E-state index >= 15 is 0 Å². The maximum absolute atomic E-state index is 12.0. The Morgan fingerprint density at radius 2 is 1.68 bits per heavy atom. The van der Waals surface area contributed by atoms with E-state index in [9.17, 15) is 9.59 Å². The number of carbonyl (C=O) groups is 2. The number of esters is 1. The fourth-order valence-corrected chi connectivity index (χ4v) is 3.68. The molecule has 0 saturated carbocycles. The molecule has 0 saturated heterocycles. The van der Waals surface area contributed by atoms with E-state index in [0.717, 1.165) is 14.5 Å². The van der Waals surface area contributed by atoms with Crippen LogP contribution in [0.4, 0.5) is 5.69 Å². The number of hydrogen-bond donors (Lipinski definition) is 1. The second-order valence-electron chi connectivity index (χ2n) is 5.19. The molecule has 1 N–H and O–H groups in total. The zero-order chi connectivity index (χ0) is 18.4. The number of ether oxygens (including phenoxy) is 2. The first-order valence-electron chi connectivity index (χ1n) is 7.56. The van der Waals surface area contributed by atoms with Crippen LogP contribution in [0.2, 0.25) is 0 Å². The van der Waals surface area contributed by atoms with Gasteiger partial charge in [0.05, 0.1) is 17.9 Å². The molecule has 2 aromatic carbocycles. The highest BCUT2D eigenvalue weighted by Crippen LogP contribution is 2.32. The van der Waals surface area contributed by atoms with Crippen molar-refractivity contribution in [2.24, 2.45) is 0 Å². The zero-order valence-corrected chi connectivity index (χ0v) is 16.9. The van der Waals surface area contributed by atoms with Gasteiger partial charge in [0.15, 0.2) is 6.61 Å². The van der Waals surface area contributed by atoms with Crippen LogP contribution in [0.3, 0.4) is 0 Å². The quantitative estimate of drug-likeness (QED) is 0.620. The zero-order valence-electron chi connectivity index (χ0n) is 13.8. The largest absolute Gasteiger partial charge is 0.494 e. The molecule has 0 atom stereocenters. The number of hydrogen-bond acceptors (Lipinski definition) is 4. The summed E-state index contributed by atoms with van der Waals surface area (Å²) in [5, 5.41) is 2.71. The van der Waals surface area contributed by atoms with Crippen molar-refractivity contribution in [2.45, 2.75) is 13.8 Å². The fourth-order valence-electron chi connectivity index (χ4n) is 2.06. The summed E-state index contributed by atoms with van der Waals surface area (Å²) in [7, 11) is 0. The van der Waals surface area contributed by atoms with Crippen molar-refractivity contribution in [1.82, 2.24) is 0 Å². The lowest BCUT2D eigenvalue weighted by Crippen LogP contribution is -2.21. The number of rotatable bonds is 6. The summed E-state index contributed by atoms with van der Waals surface area (Å²) in [4.78, 5) is 24.0. The van der Waals surface area contributed by atoms with Crippen LogP contribution in [0.15, 0.2) is 45.3 Å². The first-order chi connectivity index (χ1) is 11.9. The highest BCUT2D eigenvalue weighted by molar-refractivity contribution is 9.11. The molecule has 0 bridgehead atoms. The number of carbonyl (C=O) groups excluding carboxylic acids is 2. The lowest BCUT2D eigenvalue weighted by atomic mass is 10.2. The summed E-state index contributed by atoms with van der Waals surface area (Å²) in [5.74, 6) is -0.323. The maximum Gasteiger partial charge on any atom is 0.338 e. The average Bonchev–Trinajstić information content (AvgIpc) is 2.57. The fraction of sp³-hybridized carbons (Fsp3) is 0.222. The van der Waals surface area contributed by atoms with Crippen LogP contribution >= 0.6 is 31.9 Å². The maximum atomic E-state index is 12.0. The molecule has 0 fully saturated rings. The van der Waals surface area contributed by atoms with E-state index in [2.05, 4.69) is 37.2 Å². The number of benzene rings is 2. The molecule has 5 nitrogen and oxygen atoms in total. The van der Waals surface area contributed by atoms with Crippen LogP contribution in [-0.4, -0.2) is 25.1 Å². The van der Waals surface area contributed by atoms with Crippen LogP contribution in [0, 0.1) is 6.92 Å². The molecule has 25 heavy (non-hydrogen) atoms. The van der Waals surface area contributed by atoms with Crippen LogP contribution in [0.25, 0.3) is 0 Å². The van der Waals surface area contributed by atoms with E-state index in [4.69, 9.17) is 9.47 Å². The summed E-state index contributed by atoms with van der Waals surface area (Å²) in [5.41, 5.74) is 1.99. The van der Waals surface area contributed by atoms with Crippen molar-refractivity contribution in [3.8, 4) is 5.75 Å². The molecule has 0 unspecified atom stereocenters. The second-order valence-corrected chi connectivity index (χ2v) is 6.89. The van der Waals surface area contributed by atoms with E-state index in [-0.39, 0.29) is 6.61 Å². The number of amides is 1. The summed E-state index contributed by atoms with van der Waals surface area (Å²) in [6.45, 7) is 4.00. The number of nitrogens with one attached hydrogen (secondary N) is 1. The van der Waals surface area contributed by atoms with Crippen LogP contribution in [-0.2, 0) is 9.53 Å². The summed E-state index contributed by atoms with van der Waals surface area (Å²) in [6, 6.07) is 10.3. The first kappa shape index (κ1) is 19.5. The third-order valence-corrected chi connectivity index (χ3v) is 4.44. The number of anilines is 1. The van der Waals surface area contributed by atoms with Gasteiger partial charge in [-0.15, -0.1) is 0 Å². The van der Waals surface area contributed by atoms with E-state index in [0.29, 0.717) is 23.6 Å². The minimum atomic E-state index is -0.569. The summed E-state index contributed by atoms with van der Waals surface area (Å²) in [6.07, 6.45) is 0. The third kappa shape index (κ3) is 5.57. The minimum Gasteiger partial charge on any atom is -0.494 e. The SMILES string of the molecule is CCOc1ccc(C(=O)OCC(=O)Nc2c(Br)cc(C)cc2Br)cc1. The van der Waals surface area contributed by atoms with Crippen LogP contribution in [0.1, 0.15) is 22.8 Å². The van der Waals surface area contributed by atoms with Gasteiger partial charge in [0.2, 0.25) is 0 Å². The molecule has 2 aromatic rings. The van der Waals surface area contributed by atoms with Gasteiger partial charge in [-0.25, -0.2) is 4.79 Å². The Hall–Kier alpha value is -1.86. The summed E-state index contributed by atoms with van der Waals surface area (Å²) < 4.78 is 11.8. The van der Waals surface area contributed by atoms with Crippen molar-refractivity contribution < 1.29 is 19.1 Å². The molecule has 132 valence electrons. The Bertz CT molecular complexity index is 752. The Balaban J connectivity index is 1.92. The van der Waals surface area contributed by atoms with Gasteiger partial charge in [-0.2, -0.15) is 0 Å². The van der Waals surface area contributed by atoms with E-state index < -0.39 is 11.9 Å². The van der Waals surface area contributed by atoms with Gasteiger partial charge in [0.25, 0.3) is 5.91 Å². The average molecular weight is 471 g/mol. The van der Waals surface area contributed by atoms with Crippen molar-refractivity contribution in [2.75, 3.05) is 18.5 Å². The van der Waals surface area contributed by atoms with E-state index in [1.54, 1.807) is 24.3 Å². The minimum absolute atomic E-state index is 0.356. The van der Waals surface area contributed by atoms with Crippen molar-refractivity contribution in [3.05, 3.63) is 56.5 Å². The molecule has 0 heterocycles. The van der Waals surface area contributed by atoms with E-state index in [1.807, 2.05) is 26.0 Å². The van der Waals surface area contributed by atoms with Crippen LogP contribution < -0.4 is 10.1 Å². The lowest BCUT2D eigenvalue weighted by molar-refractivity contribution is -0.119. The lowest BCUT2D eigenvalue weighted by Gasteiger charge is -2.11. The van der Waals surface area contributed by atoms with Crippen molar-refractivity contribution >= 4 is 49.4 Å². The number of halogens is 2. The Kier molecular flexibility index (Phi) is 7.01. The Labute approximate surface area is 163 Å². The van der Waals surface area contributed by atoms with Gasteiger partial charge < -0.3 is 14.8 Å². The Morgan fingerprint density at radius 1 is 1.08 bits per heavy atom.